The molecule has 0 aliphatic carbocycles. The van der Waals surface area contributed by atoms with Crippen LogP contribution < -0.4 is 20.1 Å². The van der Waals surface area contributed by atoms with Gasteiger partial charge in [0.05, 0.1) is 38.2 Å². The van der Waals surface area contributed by atoms with E-state index in [9.17, 15) is 9.18 Å². The third-order valence-electron chi connectivity index (χ3n) is 3.99. The summed E-state index contributed by atoms with van der Waals surface area (Å²) in [6, 6.07) is 14.7. The summed E-state index contributed by atoms with van der Waals surface area (Å²) in [5.74, 6) is 1.23. The average Bonchev–Trinajstić information content (AvgIpc) is 2.71. The van der Waals surface area contributed by atoms with Gasteiger partial charge in [0.1, 0.15) is 23.1 Å². The Balaban J connectivity index is 1.63. The van der Waals surface area contributed by atoms with Crippen molar-refractivity contribution in [2.24, 2.45) is 0 Å². The molecule has 28 heavy (non-hydrogen) atoms. The van der Waals surface area contributed by atoms with Crippen LogP contribution in [0.15, 0.2) is 60.8 Å². The monoisotopic (exact) mass is 381 g/mol. The van der Waals surface area contributed by atoms with Crippen LogP contribution >= 0.6 is 0 Å². The molecule has 0 spiro atoms. The molecule has 1 aromatic heterocycles. The van der Waals surface area contributed by atoms with Gasteiger partial charge in [-0.1, -0.05) is 12.1 Å². The van der Waals surface area contributed by atoms with Crippen molar-refractivity contribution in [1.82, 2.24) is 4.98 Å². The Hall–Kier alpha value is -3.61. The van der Waals surface area contributed by atoms with Crippen LogP contribution in [0.25, 0.3) is 0 Å². The summed E-state index contributed by atoms with van der Waals surface area (Å²) in [6.07, 6.45) is 1.75. The number of anilines is 3. The van der Waals surface area contributed by atoms with Gasteiger partial charge in [-0.05, 0) is 42.0 Å². The number of carbonyl (C=O) groups is 1. The number of halogens is 1. The zero-order valence-corrected chi connectivity index (χ0v) is 15.5. The molecule has 0 fully saturated rings. The van der Waals surface area contributed by atoms with Crippen molar-refractivity contribution in [2.45, 2.75) is 6.42 Å². The summed E-state index contributed by atoms with van der Waals surface area (Å²) in [6.45, 7) is 0. The van der Waals surface area contributed by atoms with E-state index in [1.165, 1.54) is 12.1 Å². The van der Waals surface area contributed by atoms with E-state index in [-0.39, 0.29) is 18.1 Å². The molecular formula is C21H20FN3O3. The fraction of sp³-hybridized carbons (Fsp3) is 0.143. The molecule has 0 radical (unpaired) electrons. The molecule has 0 bridgehead atoms. The van der Waals surface area contributed by atoms with E-state index >= 15 is 0 Å². The van der Waals surface area contributed by atoms with Crippen LogP contribution in [0.1, 0.15) is 5.56 Å². The Morgan fingerprint density at radius 3 is 2.46 bits per heavy atom. The van der Waals surface area contributed by atoms with Crippen LogP contribution in [0.5, 0.6) is 11.5 Å². The largest absolute Gasteiger partial charge is 0.497 e. The van der Waals surface area contributed by atoms with E-state index < -0.39 is 0 Å². The quantitative estimate of drug-likeness (QED) is 0.643. The maximum Gasteiger partial charge on any atom is 0.229 e. The van der Waals surface area contributed by atoms with Crippen molar-refractivity contribution >= 4 is 23.1 Å². The van der Waals surface area contributed by atoms with Crippen LogP contribution in [0, 0.1) is 5.82 Å². The summed E-state index contributed by atoms with van der Waals surface area (Å²) < 4.78 is 23.5. The van der Waals surface area contributed by atoms with Gasteiger partial charge in [-0.25, -0.2) is 9.37 Å². The van der Waals surface area contributed by atoms with E-state index in [2.05, 4.69) is 15.6 Å². The fourth-order valence-corrected chi connectivity index (χ4v) is 2.58. The van der Waals surface area contributed by atoms with Crippen molar-refractivity contribution in [3.63, 3.8) is 0 Å². The summed E-state index contributed by atoms with van der Waals surface area (Å²) in [5.41, 5.74) is 2.18. The summed E-state index contributed by atoms with van der Waals surface area (Å²) in [7, 11) is 3.18. The second kappa shape index (κ2) is 8.85. The molecule has 6 nitrogen and oxygen atoms in total. The lowest BCUT2D eigenvalue weighted by Gasteiger charge is -2.13. The first kappa shape index (κ1) is 19.2. The molecule has 1 heterocycles. The number of amides is 1. The van der Waals surface area contributed by atoms with Gasteiger partial charge >= 0.3 is 0 Å². The maximum absolute atomic E-state index is 12.9. The number of nitrogens with one attached hydrogen (secondary N) is 2. The predicted molar refractivity (Wildman–Crippen MR) is 106 cm³/mol. The molecular weight excluding hydrogens is 361 g/mol. The van der Waals surface area contributed by atoms with Crippen LogP contribution in [-0.2, 0) is 11.2 Å². The summed E-state index contributed by atoms with van der Waals surface area (Å²) >= 11 is 0. The molecule has 3 aromatic rings. The second-order valence-corrected chi connectivity index (χ2v) is 5.97. The number of methoxy groups -OCH3 is 2. The number of hydrogen-bond donors (Lipinski definition) is 2. The number of rotatable bonds is 7. The van der Waals surface area contributed by atoms with Crippen molar-refractivity contribution in [2.75, 3.05) is 24.9 Å². The molecule has 0 aliphatic rings. The van der Waals surface area contributed by atoms with Crippen LogP contribution in [0.4, 0.5) is 21.6 Å². The molecule has 3 rings (SSSR count). The first-order chi connectivity index (χ1) is 13.6. The lowest BCUT2D eigenvalue weighted by Crippen LogP contribution is -2.15. The van der Waals surface area contributed by atoms with Gasteiger partial charge in [0.2, 0.25) is 5.91 Å². The molecule has 1 amide bonds. The van der Waals surface area contributed by atoms with Gasteiger partial charge in [-0.3, -0.25) is 4.79 Å². The number of benzene rings is 2. The van der Waals surface area contributed by atoms with E-state index in [0.29, 0.717) is 17.3 Å². The van der Waals surface area contributed by atoms with E-state index in [0.717, 1.165) is 16.9 Å². The molecule has 0 aliphatic heterocycles. The Morgan fingerprint density at radius 1 is 1.04 bits per heavy atom. The zero-order valence-electron chi connectivity index (χ0n) is 15.5. The summed E-state index contributed by atoms with van der Waals surface area (Å²) in [5, 5.41) is 5.93. The van der Waals surface area contributed by atoms with Crippen molar-refractivity contribution in [3.8, 4) is 11.5 Å². The number of aromatic nitrogens is 1. The number of pyridine rings is 1. The Morgan fingerprint density at radius 2 is 1.82 bits per heavy atom. The third-order valence-corrected chi connectivity index (χ3v) is 3.99. The molecule has 2 aromatic carbocycles. The minimum Gasteiger partial charge on any atom is -0.497 e. The Bertz CT molecular complexity index is 944. The number of nitrogens with zero attached hydrogens (tertiary/aromatic N) is 1. The van der Waals surface area contributed by atoms with Gasteiger partial charge in [0.15, 0.2) is 0 Å². The van der Waals surface area contributed by atoms with Crippen LogP contribution in [0.3, 0.4) is 0 Å². The SMILES string of the molecule is COc1ccc(OC)c(Nc2ccc(NC(=O)Cc3ccc(F)cc3)nc2)c1. The first-order valence-electron chi connectivity index (χ1n) is 8.57. The van der Waals surface area contributed by atoms with Crippen molar-refractivity contribution in [1.29, 1.82) is 0 Å². The third kappa shape index (κ3) is 4.97. The van der Waals surface area contributed by atoms with Crippen LogP contribution in [-0.4, -0.2) is 25.1 Å². The minimum atomic E-state index is -0.332. The molecule has 144 valence electrons. The van der Waals surface area contributed by atoms with Gasteiger partial charge in [0.25, 0.3) is 0 Å². The number of hydrogen-bond acceptors (Lipinski definition) is 5. The van der Waals surface area contributed by atoms with Crippen LogP contribution in [0.2, 0.25) is 0 Å². The molecule has 0 atom stereocenters. The Labute approximate surface area is 162 Å². The molecule has 7 heteroatoms. The molecule has 0 saturated heterocycles. The normalized spacial score (nSPS) is 10.2. The number of carbonyl (C=O) groups excluding carboxylic acids is 1. The van der Waals surface area contributed by atoms with Gasteiger partial charge in [-0.15, -0.1) is 0 Å². The minimum absolute atomic E-state index is 0.142. The lowest BCUT2D eigenvalue weighted by atomic mass is 10.1. The standard InChI is InChI=1S/C21H20FN3O3/c1-27-17-8-9-19(28-2)18(12-17)24-16-7-10-20(23-13-16)25-21(26)11-14-3-5-15(22)6-4-14/h3-10,12-13,24H,11H2,1-2H3,(H,23,25,26). The fourth-order valence-electron chi connectivity index (χ4n) is 2.58. The van der Waals surface area contributed by atoms with Gasteiger partial charge in [-0.2, -0.15) is 0 Å². The van der Waals surface area contributed by atoms with E-state index in [1.54, 1.807) is 50.7 Å². The molecule has 0 unspecified atom stereocenters. The van der Waals surface area contributed by atoms with Crippen molar-refractivity contribution < 1.29 is 18.7 Å². The highest BCUT2D eigenvalue weighted by Crippen LogP contribution is 2.31. The number of ether oxygens (including phenoxy) is 2. The van der Waals surface area contributed by atoms with Crippen molar-refractivity contribution in [3.05, 3.63) is 72.2 Å². The highest BCUT2D eigenvalue weighted by Gasteiger charge is 2.08. The Kier molecular flexibility index (Phi) is 6.06. The topological polar surface area (TPSA) is 72.5 Å². The highest BCUT2D eigenvalue weighted by atomic mass is 19.1. The van der Waals surface area contributed by atoms with Gasteiger partial charge in [0, 0.05) is 6.07 Å². The average molecular weight is 381 g/mol. The molecule has 0 saturated carbocycles. The van der Waals surface area contributed by atoms with E-state index in [1.807, 2.05) is 12.1 Å². The predicted octanol–water partition coefficient (Wildman–Crippen LogP) is 4.16. The second-order valence-electron chi connectivity index (χ2n) is 5.97. The summed E-state index contributed by atoms with van der Waals surface area (Å²) in [4.78, 5) is 16.3. The smallest absolute Gasteiger partial charge is 0.229 e. The van der Waals surface area contributed by atoms with E-state index in [4.69, 9.17) is 9.47 Å². The maximum atomic E-state index is 12.9. The van der Waals surface area contributed by atoms with Gasteiger partial charge < -0.3 is 20.1 Å². The highest BCUT2D eigenvalue weighted by molar-refractivity contribution is 5.91. The zero-order chi connectivity index (χ0) is 19.9. The first-order valence-corrected chi connectivity index (χ1v) is 8.57. The lowest BCUT2D eigenvalue weighted by molar-refractivity contribution is -0.115. The molecule has 2 N–H and O–H groups in total.